The maximum Gasteiger partial charge on any atom is 0.134 e. The van der Waals surface area contributed by atoms with E-state index in [2.05, 4.69) is 15.1 Å². The molecule has 0 aliphatic carbocycles. The molecular formula is C11H13FN2O2. The minimum absolute atomic E-state index is 0.334. The van der Waals surface area contributed by atoms with Crippen molar-refractivity contribution in [3.8, 4) is 0 Å². The summed E-state index contributed by atoms with van der Waals surface area (Å²) in [7, 11) is 1.40. The first-order chi connectivity index (χ1) is 7.72. The Balaban J connectivity index is 3.13. The molecule has 5 heteroatoms. The van der Waals surface area contributed by atoms with Gasteiger partial charge in [-0.1, -0.05) is 17.2 Å². The Morgan fingerprint density at radius 2 is 2.00 bits per heavy atom. The van der Waals surface area contributed by atoms with Crippen LogP contribution in [0.15, 0.2) is 34.6 Å². The van der Waals surface area contributed by atoms with E-state index in [0.29, 0.717) is 23.4 Å². The van der Waals surface area contributed by atoms with Crippen molar-refractivity contribution in [3.05, 3.63) is 35.6 Å². The Morgan fingerprint density at radius 1 is 1.38 bits per heavy atom. The molecule has 0 unspecified atom stereocenters. The van der Waals surface area contributed by atoms with Crippen LogP contribution >= 0.6 is 0 Å². The fraction of sp³-hybridized carbons (Fsp3) is 0.273. The first-order valence-electron chi connectivity index (χ1n) is 4.81. The van der Waals surface area contributed by atoms with Crippen molar-refractivity contribution < 1.29 is 14.4 Å². The fourth-order valence-electron chi connectivity index (χ4n) is 1.26. The minimum atomic E-state index is -0.334. The summed E-state index contributed by atoms with van der Waals surface area (Å²) in [6.07, 6.45) is 0.496. The van der Waals surface area contributed by atoms with Crippen LogP contribution in [-0.4, -0.2) is 23.7 Å². The molecular weight excluding hydrogens is 211 g/mol. The van der Waals surface area contributed by atoms with Gasteiger partial charge < -0.3 is 10.0 Å². The molecule has 0 radical (unpaired) electrons. The van der Waals surface area contributed by atoms with Crippen molar-refractivity contribution in [1.29, 1.82) is 0 Å². The third kappa shape index (κ3) is 2.79. The zero-order chi connectivity index (χ0) is 12.0. The van der Waals surface area contributed by atoms with Crippen LogP contribution in [0, 0.1) is 5.82 Å². The molecule has 0 aliphatic heterocycles. The van der Waals surface area contributed by atoms with E-state index in [9.17, 15) is 4.39 Å². The normalized spacial score (nSPS) is 12.7. The Labute approximate surface area is 93.0 Å². The molecule has 86 valence electrons. The molecule has 0 saturated carbocycles. The van der Waals surface area contributed by atoms with Gasteiger partial charge in [0, 0.05) is 5.56 Å². The van der Waals surface area contributed by atoms with Crippen molar-refractivity contribution in [2.75, 3.05) is 7.11 Å². The zero-order valence-electron chi connectivity index (χ0n) is 9.14. The maximum absolute atomic E-state index is 12.8. The lowest BCUT2D eigenvalue weighted by Crippen LogP contribution is -2.15. The molecule has 16 heavy (non-hydrogen) atoms. The first-order valence-corrected chi connectivity index (χ1v) is 4.81. The average Bonchev–Trinajstić information content (AvgIpc) is 2.31. The summed E-state index contributed by atoms with van der Waals surface area (Å²) in [5.41, 5.74) is 1.42. The highest BCUT2D eigenvalue weighted by Gasteiger charge is 2.11. The SMILES string of the molecule is CCC(=N\O)/C(=N\OC)c1ccc(F)cc1. The second-order valence-electron chi connectivity index (χ2n) is 3.03. The van der Waals surface area contributed by atoms with E-state index in [4.69, 9.17) is 5.21 Å². The molecule has 4 nitrogen and oxygen atoms in total. The smallest absolute Gasteiger partial charge is 0.134 e. The summed E-state index contributed by atoms with van der Waals surface area (Å²) in [6.45, 7) is 1.82. The van der Waals surface area contributed by atoms with Gasteiger partial charge in [-0.05, 0) is 30.7 Å². The van der Waals surface area contributed by atoms with Crippen LogP contribution in [0.1, 0.15) is 18.9 Å². The van der Waals surface area contributed by atoms with Gasteiger partial charge in [-0.2, -0.15) is 0 Å². The second kappa shape index (κ2) is 5.85. The summed E-state index contributed by atoms with van der Waals surface area (Å²) < 4.78 is 12.8. The third-order valence-electron chi connectivity index (χ3n) is 2.03. The predicted molar refractivity (Wildman–Crippen MR) is 59.5 cm³/mol. The second-order valence-corrected chi connectivity index (χ2v) is 3.03. The number of hydrogen-bond donors (Lipinski definition) is 1. The molecule has 0 atom stereocenters. The van der Waals surface area contributed by atoms with Gasteiger partial charge in [0.1, 0.15) is 24.4 Å². The Kier molecular flexibility index (Phi) is 4.44. The van der Waals surface area contributed by atoms with Crippen molar-refractivity contribution in [1.82, 2.24) is 0 Å². The van der Waals surface area contributed by atoms with Gasteiger partial charge in [-0.3, -0.25) is 0 Å². The van der Waals surface area contributed by atoms with Crippen molar-refractivity contribution in [2.45, 2.75) is 13.3 Å². The van der Waals surface area contributed by atoms with Gasteiger partial charge in [0.25, 0.3) is 0 Å². The lowest BCUT2D eigenvalue weighted by atomic mass is 10.0. The van der Waals surface area contributed by atoms with Gasteiger partial charge in [-0.25, -0.2) is 4.39 Å². The summed E-state index contributed by atoms with van der Waals surface area (Å²) in [5.74, 6) is -0.334. The van der Waals surface area contributed by atoms with E-state index in [0.717, 1.165) is 0 Å². The van der Waals surface area contributed by atoms with Crippen LogP contribution in [0.5, 0.6) is 0 Å². The number of hydrogen-bond acceptors (Lipinski definition) is 4. The number of rotatable bonds is 4. The van der Waals surface area contributed by atoms with Crippen molar-refractivity contribution in [3.63, 3.8) is 0 Å². The lowest BCUT2D eigenvalue weighted by Gasteiger charge is -2.05. The van der Waals surface area contributed by atoms with Gasteiger partial charge in [0.2, 0.25) is 0 Å². The number of oxime groups is 2. The van der Waals surface area contributed by atoms with E-state index >= 15 is 0 Å². The maximum atomic E-state index is 12.8. The largest absolute Gasteiger partial charge is 0.411 e. The van der Waals surface area contributed by atoms with Gasteiger partial charge in [0.05, 0.1) is 0 Å². The third-order valence-corrected chi connectivity index (χ3v) is 2.03. The van der Waals surface area contributed by atoms with E-state index in [1.165, 1.54) is 19.2 Å². The van der Waals surface area contributed by atoms with Crippen LogP contribution in [0.3, 0.4) is 0 Å². The monoisotopic (exact) mass is 224 g/mol. The van der Waals surface area contributed by atoms with Gasteiger partial charge >= 0.3 is 0 Å². The summed E-state index contributed by atoms with van der Waals surface area (Å²) in [5, 5.41) is 15.7. The molecule has 0 saturated heterocycles. The summed E-state index contributed by atoms with van der Waals surface area (Å²) in [6, 6.07) is 5.72. The van der Waals surface area contributed by atoms with E-state index in [1.807, 2.05) is 6.92 Å². The van der Waals surface area contributed by atoms with Crippen LogP contribution in [0.4, 0.5) is 4.39 Å². The highest BCUT2D eigenvalue weighted by molar-refractivity contribution is 6.48. The molecule has 1 aromatic rings. The fourth-order valence-corrected chi connectivity index (χ4v) is 1.26. The lowest BCUT2D eigenvalue weighted by molar-refractivity contribution is 0.214. The van der Waals surface area contributed by atoms with Crippen LogP contribution < -0.4 is 0 Å². The van der Waals surface area contributed by atoms with Gasteiger partial charge in [-0.15, -0.1) is 0 Å². The molecule has 0 aliphatic rings. The molecule has 0 amide bonds. The van der Waals surface area contributed by atoms with Crippen LogP contribution in [0.25, 0.3) is 0 Å². The van der Waals surface area contributed by atoms with E-state index < -0.39 is 0 Å². The average molecular weight is 224 g/mol. The van der Waals surface area contributed by atoms with Crippen LogP contribution in [0.2, 0.25) is 0 Å². The molecule has 0 heterocycles. The minimum Gasteiger partial charge on any atom is -0.411 e. The molecule has 0 spiro atoms. The molecule has 0 fully saturated rings. The number of benzene rings is 1. The zero-order valence-corrected chi connectivity index (χ0v) is 9.14. The molecule has 1 N–H and O–H groups in total. The Hall–Kier alpha value is -1.91. The predicted octanol–water partition coefficient (Wildman–Crippen LogP) is 2.42. The number of nitrogens with zero attached hydrogens (tertiary/aromatic N) is 2. The van der Waals surface area contributed by atoms with E-state index in [-0.39, 0.29) is 5.82 Å². The highest BCUT2D eigenvalue weighted by Crippen LogP contribution is 2.07. The highest BCUT2D eigenvalue weighted by atomic mass is 19.1. The summed E-state index contributed by atoms with van der Waals surface area (Å²) in [4.78, 5) is 4.68. The quantitative estimate of drug-likeness (QED) is 0.485. The van der Waals surface area contributed by atoms with Crippen LogP contribution in [-0.2, 0) is 4.84 Å². The standard InChI is InChI=1S/C11H13FN2O2/c1-3-10(13-15)11(14-16-2)8-4-6-9(12)7-5-8/h4-7,15H,3H2,1-2H3/b13-10+,14-11-. The Morgan fingerprint density at radius 3 is 2.44 bits per heavy atom. The molecule has 0 bridgehead atoms. The van der Waals surface area contributed by atoms with E-state index in [1.54, 1.807) is 12.1 Å². The first kappa shape index (κ1) is 12.2. The molecule has 1 rings (SSSR count). The molecule has 1 aromatic carbocycles. The molecule has 0 aromatic heterocycles. The van der Waals surface area contributed by atoms with Gasteiger partial charge in [0.15, 0.2) is 0 Å². The topological polar surface area (TPSA) is 54.2 Å². The Bertz CT molecular complexity index is 399. The van der Waals surface area contributed by atoms with Crippen molar-refractivity contribution >= 4 is 11.4 Å². The number of halogens is 1. The van der Waals surface area contributed by atoms with Crippen molar-refractivity contribution in [2.24, 2.45) is 10.3 Å². The summed E-state index contributed by atoms with van der Waals surface area (Å²) >= 11 is 0.